The third-order valence-electron chi connectivity index (χ3n) is 6.51. The lowest BCUT2D eigenvalue weighted by Crippen LogP contribution is -2.32. The van der Waals surface area contributed by atoms with Crippen molar-refractivity contribution in [2.75, 3.05) is 29.9 Å². The molecule has 2 heterocycles. The third-order valence-corrected chi connectivity index (χ3v) is 6.51. The van der Waals surface area contributed by atoms with Crippen molar-refractivity contribution in [1.29, 1.82) is 0 Å². The van der Waals surface area contributed by atoms with Gasteiger partial charge in [0.25, 0.3) is 0 Å². The number of carbonyl (C=O) groups excluding carboxylic acids is 1. The highest BCUT2D eigenvalue weighted by atomic mass is 19.1. The van der Waals surface area contributed by atoms with Crippen molar-refractivity contribution in [2.45, 2.75) is 64.1 Å². The highest BCUT2D eigenvalue weighted by molar-refractivity contribution is 5.73. The predicted octanol–water partition coefficient (Wildman–Crippen LogP) is 3.85. The van der Waals surface area contributed by atoms with Gasteiger partial charge in [0.2, 0.25) is 11.7 Å². The molecule has 8 heteroatoms. The van der Waals surface area contributed by atoms with E-state index in [0.717, 1.165) is 30.6 Å². The first kappa shape index (κ1) is 22.3. The largest absolute Gasteiger partial charge is 0.489 e. The molecule has 1 saturated heterocycles. The summed E-state index contributed by atoms with van der Waals surface area (Å²) in [5.41, 5.74) is 1.02. The zero-order valence-electron chi connectivity index (χ0n) is 19.1. The fourth-order valence-corrected chi connectivity index (χ4v) is 4.71. The molecule has 0 radical (unpaired) electrons. The molecule has 4 rings (SSSR count). The van der Waals surface area contributed by atoms with Crippen LogP contribution >= 0.6 is 0 Å². The lowest BCUT2D eigenvalue weighted by Gasteiger charge is -2.27. The molecule has 172 valence electrons. The van der Waals surface area contributed by atoms with Crippen molar-refractivity contribution in [3.63, 3.8) is 0 Å². The van der Waals surface area contributed by atoms with Crippen LogP contribution in [-0.4, -0.2) is 48.2 Å². The van der Waals surface area contributed by atoms with Crippen LogP contribution in [0, 0.1) is 5.82 Å². The molecule has 0 unspecified atom stereocenters. The quantitative estimate of drug-likeness (QED) is 0.704. The van der Waals surface area contributed by atoms with E-state index in [2.05, 4.69) is 15.3 Å². The summed E-state index contributed by atoms with van der Waals surface area (Å²) in [4.78, 5) is 23.6. The Hall–Kier alpha value is -2.90. The summed E-state index contributed by atoms with van der Waals surface area (Å²) < 4.78 is 21.5. The number of carbonyl (C=O) groups is 1. The summed E-state index contributed by atoms with van der Waals surface area (Å²) in [6, 6.07) is 8.03. The molecule has 2 aromatic rings. The van der Waals surface area contributed by atoms with Crippen LogP contribution in [-0.2, 0) is 4.79 Å². The number of nitrogens with one attached hydrogen (secondary N) is 1. The van der Waals surface area contributed by atoms with E-state index in [0.29, 0.717) is 30.8 Å². The zero-order valence-corrected chi connectivity index (χ0v) is 19.1. The van der Waals surface area contributed by atoms with E-state index in [9.17, 15) is 4.79 Å². The van der Waals surface area contributed by atoms with E-state index in [1.165, 1.54) is 26.1 Å². The van der Waals surface area contributed by atoms with Gasteiger partial charge in [-0.25, -0.2) is 9.97 Å². The monoisotopic (exact) mass is 441 g/mol. The van der Waals surface area contributed by atoms with Crippen LogP contribution in [0.4, 0.5) is 16.0 Å². The Morgan fingerprint density at radius 2 is 1.94 bits per heavy atom. The van der Waals surface area contributed by atoms with Crippen molar-refractivity contribution < 1.29 is 13.9 Å². The first-order chi connectivity index (χ1) is 15.4. The summed E-state index contributed by atoms with van der Waals surface area (Å²) in [5.74, 6) is 1.10. The molecule has 1 N–H and O–H groups in total. The summed E-state index contributed by atoms with van der Waals surface area (Å²) >= 11 is 0. The minimum Gasteiger partial charge on any atom is -0.489 e. The van der Waals surface area contributed by atoms with Crippen molar-refractivity contribution in [3.8, 4) is 5.75 Å². The first-order valence-electron chi connectivity index (χ1n) is 11.4. The summed E-state index contributed by atoms with van der Waals surface area (Å²) in [6.45, 7) is 4.71. The molecule has 7 nitrogen and oxygen atoms in total. The average Bonchev–Trinajstić information content (AvgIpc) is 3.46. The Kier molecular flexibility index (Phi) is 6.77. The van der Waals surface area contributed by atoms with Gasteiger partial charge in [0.15, 0.2) is 11.6 Å². The fraction of sp³-hybridized carbons (Fsp3) is 0.542. The van der Waals surface area contributed by atoms with Crippen molar-refractivity contribution >= 4 is 17.5 Å². The fourth-order valence-electron chi connectivity index (χ4n) is 4.71. The average molecular weight is 442 g/mol. The van der Waals surface area contributed by atoms with E-state index in [-0.39, 0.29) is 23.9 Å². The molecule has 1 aromatic carbocycles. The molecule has 0 bridgehead atoms. The maximum absolute atomic E-state index is 15.3. The molecular formula is C24H32FN5O2. The Labute approximate surface area is 189 Å². The highest BCUT2D eigenvalue weighted by Crippen LogP contribution is 2.31. The molecule has 1 amide bonds. The minimum absolute atomic E-state index is 0.0426. The molecular weight excluding hydrogens is 409 g/mol. The van der Waals surface area contributed by atoms with E-state index < -0.39 is 0 Å². The molecule has 0 spiro atoms. The second-order valence-electron chi connectivity index (χ2n) is 8.85. The number of aromatic nitrogens is 2. The number of halogens is 1. The normalized spacial score (nSPS) is 19.8. The Morgan fingerprint density at radius 1 is 1.22 bits per heavy atom. The number of anilines is 2. The van der Waals surface area contributed by atoms with E-state index in [1.807, 2.05) is 48.0 Å². The summed E-state index contributed by atoms with van der Waals surface area (Å²) in [7, 11) is 1.93. The maximum atomic E-state index is 15.3. The molecule has 2 atom stereocenters. The molecule has 1 aliphatic heterocycles. The van der Waals surface area contributed by atoms with Crippen LogP contribution in [0.3, 0.4) is 0 Å². The van der Waals surface area contributed by atoms with E-state index in [4.69, 9.17) is 4.74 Å². The Balaban J connectivity index is 1.38. The number of benzene rings is 1. The zero-order chi connectivity index (χ0) is 22.7. The number of hydrogen-bond donors (Lipinski definition) is 1. The van der Waals surface area contributed by atoms with Crippen LogP contribution in [0.15, 0.2) is 30.6 Å². The van der Waals surface area contributed by atoms with Crippen LogP contribution in [0.5, 0.6) is 5.75 Å². The number of amides is 1. The van der Waals surface area contributed by atoms with Gasteiger partial charge < -0.3 is 19.9 Å². The van der Waals surface area contributed by atoms with Gasteiger partial charge in [0, 0.05) is 33.0 Å². The van der Waals surface area contributed by atoms with Gasteiger partial charge >= 0.3 is 0 Å². The number of ether oxygens (including phenoxy) is 1. The second-order valence-corrected chi connectivity index (χ2v) is 8.85. The van der Waals surface area contributed by atoms with Crippen LogP contribution in [0.1, 0.15) is 57.6 Å². The minimum atomic E-state index is -0.348. The van der Waals surface area contributed by atoms with Crippen molar-refractivity contribution in [1.82, 2.24) is 15.3 Å². The first-order valence-corrected chi connectivity index (χ1v) is 11.4. The van der Waals surface area contributed by atoms with Gasteiger partial charge in [-0.15, -0.1) is 0 Å². The molecule has 32 heavy (non-hydrogen) atoms. The van der Waals surface area contributed by atoms with Gasteiger partial charge in [-0.1, -0.05) is 25.0 Å². The highest BCUT2D eigenvalue weighted by Gasteiger charge is 2.30. The van der Waals surface area contributed by atoms with Crippen LogP contribution < -0.4 is 19.9 Å². The SMILES string of the molecule is CC(=O)N[C@@H](C)c1ccc(O[C@@H]2CCN(c3ncnc(N(C)C4CCCC4)c3F)C2)cc1. The topological polar surface area (TPSA) is 70.6 Å². The number of nitrogens with zero attached hydrogens (tertiary/aromatic N) is 4. The van der Waals surface area contributed by atoms with Crippen molar-refractivity contribution in [2.24, 2.45) is 0 Å². The molecule has 1 aliphatic carbocycles. The van der Waals surface area contributed by atoms with Gasteiger partial charge in [0.05, 0.1) is 12.6 Å². The van der Waals surface area contributed by atoms with Gasteiger partial charge in [0.1, 0.15) is 18.2 Å². The molecule has 1 aromatic heterocycles. The summed E-state index contributed by atoms with van der Waals surface area (Å²) in [5, 5.41) is 2.87. The molecule has 2 aliphatic rings. The van der Waals surface area contributed by atoms with E-state index in [1.54, 1.807) is 0 Å². The Morgan fingerprint density at radius 3 is 2.62 bits per heavy atom. The van der Waals surface area contributed by atoms with Gasteiger partial charge in [-0.3, -0.25) is 4.79 Å². The molecule has 2 fully saturated rings. The standard InChI is InChI=1S/C24H32FN5O2/c1-16(28-17(2)31)18-8-10-20(11-9-18)32-21-12-13-30(14-21)24-22(25)23(26-15-27-24)29(3)19-6-4-5-7-19/h8-11,15-16,19,21H,4-7,12-14H2,1-3H3,(H,28,31)/t16-,21+/m0/s1. The van der Waals surface area contributed by atoms with Crippen LogP contribution in [0.25, 0.3) is 0 Å². The number of hydrogen-bond acceptors (Lipinski definition) is 6. The van der Waals surface area contributed by atoms with E-state index >= 15 is 4.39 Å². The van der Waals surface area contributed by atoms with Gasteiger partial charge in [-0.2, -0.15) is 4.39 Å². The third kappa shape index (κ3) is 4.95. The van der Waals surface area contributed by atoms with Gasteiger partial charge in [-0.05, 0) is 37.5 Å². The Bertz CT molecular complexity index is 932. The summed E-state index contributed by atoms with van der Waals surface area (Å²) in [6.07, 6.45) is 6.75. The second kappa shape index (κ2) is 9.71. The smallest absolute Gasteiger partial charge is 0.217 e. The lowest BCUT2D eigenvalue weighted by molar-refractivity contribution is -0.119. The maximum Gasteiger partial charge on any atom is 0.217 e. The lowest BCUT2D eigenvalue weighted by atomic mass is 10.1. The van der Waals surface area contributed by atoms with Crippen LogP contribution in [0.2, 0.25) is 0 Å². The predicted molar refractivity (Wildman–Crippen MR) is 123 cm³/mol. The molecule has 1 saturated carbocycles. The van der Waals surface area contributed by atoms with Crippen molar-refractivity contribution in [3.05, 3.63) is 42.0 Å². The number of rotatable bonds is 7.